The summed E-state index contributed by atoms with van der Waals surface area (Å²) in [7, 11) is 1.45. The lowest BCUT2D eigenvalue weighted by Crippen LogP contribution is -2.43. The number of ether oxygens (including phenoxy) is 1. The number of nitrogens with zero attached hydrogens (tertiary/aromatic N) is 2. The maximum Gasteiger partial charge on any atom is 0.238 e. The van der Waals surface area contributed by atoms with Gasteiger partial charge in [-0.1, -0.05) is 73.4 Å². The van der Waals surface area contributed by atoms with E-state index in [1.165, 1.54) is 16.9 Å². The molecule has 2 aliphatic carbocycles. The molecular formula is C37H32N2O6. The molecule has 4 aliphatic rings. The fourth-order valence-electron chi connectivity index (χ4n) is 7.92. The molecule has 2 aliphatic heterocycles. The van der Waals surface area contributed by atoms with Crippen molar-refractivity contribution in [2.75, 3.05) is 16.9 Å². The van der Waals surface area contributed by atoms with Gasteiger partial charge in [0.15, 0.2) is 11.5 Å². The van der Waals surface area contributed by atoms with Crippen LogP contribution in [0.15, 0.2) is 91.5 Å². The molecule has 3 fully saturated rings. The number of fused-ring (bicyclic) bond motifs is 4. The maximum atomic E-state index is 14.3. The summed E-state index contributed by atoms with van der Waals surface area (Å²) in [5.41, 5.74) is 3.92. The number of rotatable bonds is 6. The molecule has 4 amide bonds. The number of phenolic OH excluding ortho intramolecular Hbond substituents is 1. The number of phenols is 1. The van der Waals surface area contributed by atoms with Crippen LogP contribution in [-0.2, 0) is 19.2 Å². The van der Waals surface area contributed by atoms with E-state index in [1.54, 1.807) is 78.9 Å². The number of carbonyl (C=O) groups is 4. The number of amides is 4. The number of allylic oxidation sites excluding steroid dienone is 2. The van der Waals surface area contributed by atoms with Crippen molar-refractivity contribution in [1.82, 2.24) is 0 Å². The van der Waals surface area contributed by atoms with Gasteiger partial charge in [0.1, 0.15) is 0 Å². The fourth-order valence-corrected chi connectivity index (χ4v) is 7.92. The normalized spacial score (nSPS) is 27.1. The number of anilines is 2. The Balaban J connectivity index is 1.33. The van der Waals surface area contributed by atoms with Crippen LogP contribution in [0.4, 0.5) is 11.4 Å². The quantitative estimate of drug-likeness (QED) is 0.286. The highest BCUT2D eigenvalue weighted by Crippen LogP contribution is 2.59. The number of aromatic hydroxyl groups is 1. The zero-order valence-corrected chi connectivity index (χ0v) is 24.8. The highest BCUT2D eigenvalue weighted by Gasteiger charge is 2.62. The molecule has 3 aromatic rings. The number of hydrogen-bond acceptors (Lipinski definition) is 6. The third-order valence-electron chi connectivity index (χ3n) is 10.0. The number of imide groups is 2. The van der Waals surface area contributed by atoms with Gasteiger partial charge in [0.05, 0.1) is 42.2 Å². The summed E-state index contributed by atoms with van der Waals surface area (Å²) in [6.07, 6.45) is 5.89. The molecule has 6 unspecified atom stereocenters. The Morgan fingerprint density at radius 3 is 1.84 bits per heavy atom. The Morgan fingerprint density at radius 1 is 0.733 bits per heavy atom. The standard InChI is InChI=1S/C37H32N2O6/c1-4-20-9-13-22(14-10-20)38-34(41)26-18-17-24-27(31(26)36(38)43)19-28-32(30(24)25-7-6-8-29(45-3)33(25)40)37(44)39(35(28)42)23-15-11-21(5-2)12-16-23/h4-17,26-28,30-32,40H,1-2,18-19H2,3H3. The van der Waals surface area contributed by atoms with Crippen LogP contribution < -0.4 is 14.5 Å². The van der Waals surface area contributed by atoms with Crippen LogP contribution in [0.1, 0.15) is 35.4 Å². The Labute approximate surface area is 260 Å². The van der Waals surface area contributed by atoms with Gasteiger partial charge >= 0.3 is 0 Å². The minimum Gasteiger partial charge on any atom is -0.504 e. The molecule has 8 nitrogen and oxygen atoms in total. The van der Waals surface area contributed by atoms with E-state index in [2.05, 4.69) is 13.2 Å². The molecule has 0 spiro atoms. The second-order valence-electron chi connectivity index (χ2n) is 12.0. The SMILES string of the molecule is C=Cc1ccc(N2C(=O)C3CC=C4C(CC5C(=O)N(c6ccc(C=C)cc6)C(=O)C5C4c4cccc(OC)c4O)C3C2=O)cc1. The van der Waals surface area contributed by atoms with Crippen LogP contribution >= 0.6 is 0 Å². The molecule has 45 heavy (non-hydrogen) atoms. The first-order valence-corrected chi connectivity index (χ1v) is 15.1. The second-order valence-corrected chi connectivity index (χ2v) is 12.0. The first kappa shape index (κ1) is 28.5. The first-order chi connectivity index (χ1) is 21.8. The summed E-state index contributed by atoms with van der Waals surface area (Å²) in [5, 5.41) is 11.4. The molecule has 1 saturated carbocycles. The van der Waals surface area contributed by atoms with E-state index in [0.29, 0.717) is 23.4 Å². The highest BCUT2D eigenvalue weighted by atomic mass is 16.5. The van der Waals surface area contributed by atoms with Gasteiger partial charge in [-0.3, -0.25) is 29.0 Å². The van der Waals surface area contributed by atoms with E-state index in [1.807, 2.05) is 6.08 Å². The number of methoxy groups -OCH3 is 1. The Kier molecular flexibility index (Phi) is 6.80. The molecular weight excluding hydrogens is 568 g/mol. The van der Waals surface area contributed by atoms with Gasteiger partial charge in [-0.25, -0.2) is 0 Å². The lowest BCUT2D eigenvalue weighted by Gasteiger charge is -2.44. The molecule has 0 aromatic heterocycles. The van der Waals surface area contributed by atoms with Crippen molar-refractivity contribution >= 4 is 47.2 Å². The molecule has 6 atom stereocenters. The summed E-state index contributed by atoms with van der Waals surface area (Å²) < 4.78 is 5.41. The van der Waals surface area contributed by atoms with Crippen LogP contribution in [0, 0.1) is 29.6 Å². The van der Waals surface area contributed by atoms with Gasteiger partial charge in [-0.2, -0.15) is 0 Å². The molecule has 2 saturated heterocycles. The topological polar surface area (TPSA) is 104 Å². The van der Waals surface area contributed by atoms with E-state index in [9.17, 15) is 24.3 Å². The Bertz CT molecular complexity index is 1810. The molecule has 7 rings (SSSR count). The largest absolute Gasteiger partial charge is 0.504 e. The van der Waals surface area contributed by atoms with Crippen molar-refractivity contribution in [3.8, 4) is 11.5 Å². The van der Waals surface area contributed by atoms with Crippen LogP contribution in [-0.4, -0.2) is 35.8 Å². The van der Waals surface area contributed by atoms with E-state index >= 15 is 0 Å². The predicted octanol–water partition coefficient (Wildman–Crippen LogP) is 5.73. The molecule has 226 valence electrons. The highest BCUT2D eigenvalue weighted by molar-refractivity contribution is 6.24. The van der Waals surface area contributed by atoms with Gasteiger partial charge in [0.25, 0.3) is 0 Å². The van der Waals surface area contributed by atoms with Crippen molar-refractivity contribution in [1.29, 1.82) is 0 Å². The summed E-state index contributed by atoms with van der Waals surface area (Å²) >= 11 is 0. The lowest BCUT2D eigenvalue weighted by atomic mass is 9.57. The lowest BCUT2D eigenvalue weighted by molar-refractivity contribution is -0.126. The van der Waals surface area contributed by atoms with Gasteiger partial charge in [0, 0.05) is 11.5 Å². The van der Waals surface area contributed by atoms with Crippen LogP contribution in [0.2, 0.25) is 0 Å². The zero-order valence-electron chi connectivity index (χ0n) is 24.8. The van der Waals surface area contributed by atoms with E-state index < -0.39 is 35.5 Å². The van der Waals surface area contributed by atoms with Gasteiger partial charge < -0.3 is 9.84 Å². The summed E-state index contributed by atoms with van der Waals surface area (Å²) in [6.45, 7) is 7.55. The fraction of sp³-hybridized carbons (Fsp3) is 0.243. The summed E-state index contributed by atoms with van der Waals surface area (Å²) in [4.78, 5) is 58.9. The minimum absolute atomic E-state index is 0.112. The van der Waals surface area contributed by atoms with E-state index in [0.717, 1.165) is 16.7 Å². The van der Waals surface area contributed by atoms with Gasteiger partial charge in [-0.05, 0) is 60.2 Å². The van der Waals surface area contributed by atoms with Crippen molar-refractivity contribution in [3.63, 3.8) is 0 Å². The molecule has 0 radical (unpaired) electrons. The van der Waals surface area contributed by atoms with E-state index in [4.69, 9.17) is 4.74 Å². The van der Waals surface area contributed by atoms with Crippen molar-refractivity contribution in [3.05, 3.63) is 108 Å². The van der Waals surface area contributed by atoms with Crippen LogP contribution in [0.25, 0.3) is 12.2 Å². The van der Waals surface area contributed by atoms with E-state index in [-0.39, 0.29) is 41.5 Å². The van der Waals surface area contributed by atoms with Gasteiger partial charge in [-0.15, -0.1) is 0 Å². The number of benzene rings is 3. The van der Waals surface area contributed by atoms with Crippen LogP contribution in [0.5, 0.6) is 11.5 Å². The molecule has 8 heteroatoms. The number of carbonyl (C=O) groups excluding carboxylic acids is 4. The third kappa shape index (κ3) is 4.19. The Hall–Kier alpha value is -5.24. The van der Waals surface area contributed by atoms with Crippen molar-refractivity contribution in [2.24, 2.45) is 29.6 Å². The minimum atomic E-state index is -0.802. The molecule has 1 N–H and O–H groups in total. The second kappa shape index (κ2) is 10.7. The van der Waals surface area contributed by atoms with Crippen molar-refractivity contribution in [2.45, 2.75) is 18.8 Å². The molecule has 2 heterocycles. The average Bonchev–Trinajstić information content (AvgIpc) is 3.47. The summed E-state index contributed by atoms with van der Waals surface area (Å²) in [6, 6.07) is 19.2. The first-order valence-electron chi connectivity index (χ1n) is 15.1. The number of para-hydroxylation sites is 1. The van der Waals surface area contributed by atoms with Crippen molar-refractivity contribution < 1.29 is 29.0 Å². The molecule has 0 bridgehead atoms. The summed E-state index contributed by atoms with van der Waals surface area (Å²) in [5.74, 6) is -5.17. The molecule has 3 aromatic carbocycles. The smallest absolute Gasteiger partial charge is 0.238 e. The van der Waals surface area contributed by atoms with Gasteiger partial charge in [0.2, 0.25) is 23.6 Å². The number of hydrogen-bond donors (Lipinski definition) is 1. The monoisotopic (exact) mass is 600 g/mol. The third-order valence-corrected chi connectivity index (χ3v) is 10.0. The van der Waals surface area contributed by atoms with Crippen LogP contribution in [0.3, 0.4) is 0 Å². The Morgan fingerprint density at radius 2 is 1.29 bits per heavy atom. The zero-order chi connectivity index (χ0) is 31.6. The average molecular weight is 601 g/mol. The predicted molar refractivity (Wildman–Crippen MR) is 170 cm³/mol. The maximum absolute atomic E-state index is 14.3.